The van der Waals surface area contributed by atoms with E-state index in [1.54, 1.807) is 18.0 Å². The van der Waals surface area contributed by atoms with Gasteiger partial charge in [0.15, 0.2) is 0 Å². The van der Waals surface area contributed by atoms with E-state index in [2.05, 4.69) is 5.32 Å². The average Bonchev–Trinajstić information content (AvgIpc) is 2.89. The largest absolute Gasteiger partial charge is 0.341 e. The molecule has 1 aromatic rings. The maximum Gasteiger partial charge on any atom is 0.222 e. The Morgan fingerprint density at radius 1 is 1.50 bits per heavy atom. The van der Waals surface area contributed by atoms with E-state index in [4.69, 9.17) is 0 Å². The lowest BCUT2D eigenvalue weighted by Crippen LogP contribution is -2.26. The van der Waals surface area contributed by atoms with Crippen LogP contribution in [0.3, 0.4) is 0 Å². The summed E-state index contributed by atoms with van der Waals surface area (Å²) in [6.07, 6.45) is 2.69. The van der Waals surface area contributed by atoms with Gasteiger partial charge in [-0.05, 0) is 49.5 Å². The molecule has 1 atom stereocenters. The van der Waals surface area contributed by atoms with Gasteiger partial charge in [0.05, 0.1) is 0 Å². The molecule has 1 unspecified atom stereocenters. The summed E-state index contributed by atoms with van der Waals surface area (Å²) in [5.74, 6) is 0.512. The highest BCUT2D eigenvalue weighted by atomic mass is 35.5. The van der Waals surface area contributed by atoms with E-state index < -0.39 is 0 Å². The number of benzene rings is 1. The average molecular weight is 301 g/mol. The lowest BCUT2D eigenvalue weighted by Gasteiger charge is -2.18. The highest BCUT2D eigenvalue weighted by Gasteiger charge is 2.17. The first-order valence-corrected chi connectivity index (χ1v) is 6.84. The van der Waals surface area contributed by atoms with E-state index in [-0.39, 0.29) is 24.1 Å². The molecule has 0 bridgehead atoms. The predicted molar refractivity (Wildman–Crippen MR) is 80.3 cm³/mol. The van der Waals surface area contributed by atoms with Crippen LogP contribution in [-0.2, 0) is 11.3 Å². The third-order valence-electron chi connectivity index (χ3n) is 3.66. The van der Waals surface area contributed by atoms with E-state index in [9.17, 15) is 9.18 Å². The Bertz CT molecular complexity index is 436. The van der Waals surface area contributed by atoms with Gasteiger partial charge < -0.3 is 10.2 Å². The fourth-order valence-electron chi connectivity index (χ4n) is 2.48. The summed E-state index contributed by atoms with van der Waals surface area (Å²) in [7, 11) is 1.78. The summed E-state index contributed by atoms with van der Waals surface area (Å²) in [6.45, 7) is 2.57. The topological polar surface area (TPSA) is 32.3 Å². The maximum atomic E-state index is 13.1. The lowest BCUT2D eigenvalue weighted by atomic mass is 10.0. The molecule has 20 heavy (non-hydrogen) atoms. The van der Waals surface area contributed by atoms with Crippen LogP contribution in [0.25, 0.3) is 0 Å². The fraction of sp³-hybridized carbons (Fsp3) is 0.533. The molecule has 1 heterocycles. The lowest BCUT2D eigenvalue weighted by molar-refractivity contribution is -0.130. The number of halogens is 2. The number of amides is 1. The zero-order valence-electron chi connectivity index (χ0n) is 11.8. The van der Waals surface area contributed by atoms with Gasteiger partial charge >= 0.3 is 0 Å². The molecule has 0 saturated carbocycles. The van der Waals surface area contributed by atoms with Crippen LogP contribution in [0.5, 0.6) is 0 Å². The predicted octanol–water partition coefficient (Wildman–Crippen LogP) is 2.60. The van der Waals surface area contributed by atoms with Crippen LogP contribution in [0.2, 0.25) is 0 Å². The Morgan fingerprint density at radius 2 is 2.30 bits per heavy atom. The first kappa shape index (κ1) is 16.9. The van der Waals surface area contributed by atoms with Crippen LogP contribution >= 0.6 is 12.4 Å². The van der Waals surface area contributed by atoms with E-state index in [0.29, 0.717) is 18.9 Å². The van der Waals surface area contributed by atoms with Gasteiger partial charge in [-0.3, -0.25) is 4.79 Å². The molecule has 0 spiro atoms. The molecule has 1 N–H and O–H groups in total. The van der Waals surface area contributed by atoms with E-state index >= 15 is 0 Å². The smallest absolute Gasteiger partial charge is 0.222 e. The fourth-order valence-corrected chi connectivity index (χ4v) is 2.48. The van der Waals surface area contributed by atoms with Crippen molar-refractivity contribution in [2.24, 2.45) is 5.92 Å². The molecule has 1 aromatic carbocycles. The molecule has 0 aliphatic carbocycles. The van der Waals surface area contributed by atoms with Gasteiger partial charge in [0, 0.05) is 20.0 Å². The normalized spacial score (nSPS) is 17.6. The molecule has 5 heteroatoms. The van der Waals surface area contributed by atoms with Crippen molar-refractivity contribution in [2.45, 2.75) is 25.8 Å². The number of carbonyl (C=O) groups excluding carboxylic acids is 1. The summed E-state index contributed by atoms with van der Waals surface area (Å²) in [5.41, 5.74) is 0.832. The summed E-state index contributed by atoms with van der Waals surface area (Å²) >= 11 is 0. The molecule has 3 nitrogen and oxygen atoms in total. The van der Waals surface area contributed by atoms with Gasteiger partial charge in [0.25, 0.3) is 0 Å². The molecule has 112 valence electrons. The molecule has 1 aliphatic heterocycles. The summed E-state index contributed by atoms with van der Waals surface area (Å²) in [6, 6.07) is 6.41. The van der Waals surface area contributed by atoms with Crippen molar-refractivity contribution in [1.82, 2.24) is 10.2 Å². The molecule has 1 saturated heterocycles. The first-order valence-electron chi connectivity index (χ1n) is 6.84. The molecular formula is C15H22ClFN2O. The van der Waals surface area contributed by atoms with E-state index in [1.165, 1.54) is 18.6 Å². The summed E-state index contributed by atoms with van der Waals surface area (Å²) in [4.78, 5) is 13.7. The number of nitrogens with one attached hydrogen (secondary N) is 1. The highest BCUT2D eigenvalue weighted by molar-refractivity contribution is 5.85. The van der Waals surface area contributed by atoms with Crippen molar-refractivity contribution >= 4 is 18.3 Å². The third kappa shape index (κ3) is 5.10. The van der Waals surface area contributed by atoms with Crippen LogP contribution in [0.15, 0.2) is 24.3 Å². The zero-order valence-corrected chi connectivity index (χ0v) is 12.6. The van der Waals surface area contributed by atoms with Crippen molar-refractivity contribution in [3.8, 4) is 0 Å². The third-order valence-corrected chi connectivity index (χ3v) is 3.66. The number of nitrogens with zero attached hydrogens (tertiary/aromatic N) is 1. The van der Waals surface area contributed by atoms with Crippen LogP contribution in [0.4, 0.5) is 4.39 Å². The Hall–Kier alpha value is -1.13. The minimum atomic E-state index is -0.254. The van der Waals surface area contributed by atoms with Crippen molar-refractivity contribution in [3.05, 3.63) is 35.6 Å². The van der Waals surface area contributed by atoms with Gasteiger partial charge in [-0.1, -0.05) is 12.1 Å². The van der Waals surface area contributed by atoms with Crippen LogP contribution < -0.4 is 5.32 Å². The SMILES string of the molecule is CN(Cc1cccc(F)c1)C(=O)CCC1CCNC1.Cl. The molecule has 0 aromatic heterocycles. The quantitative estimate of drug-likeness (QED) is 0.906. The van der Waals surface area contributed by atoms with Gasteiger partial charge in [-0.2, -0.15) is 0 Å². The Kier molecular flexibility index (Phi) is 6.96. The van der Waals surface area contributed by atoms with Crippen LogP contribution in [0.1, 0.15) is 24.8 Å². The van der Waals surface area contributed by atoms with Gasteiger partial charge in [0.1, 0.15) is 5.82 Å². The van der Waals surface area contributed by atoms with E-state index in [1.807, 2.05) is 6.07 Å². The van der Waals surface area contributed by atoms with Crippen molar-refractivity contribution in [2.75, 3.05) is 20.1 Å². The standard InChI is InChI=1S/C15H21FN2O.ClH/c1-18(11-13-3-2-4-14(16)9-13)15(19)6-5-12-7-8-17-10-12;/h2-4,9,12,17H,5-8,10-11H2,1H3;1H. The molecule has 1 aliphatic rings. The van der Waals surface area contributed by atoms with Gasteiger partial charge in [-0.25, -0.2) is 4.39 Å². The van der Waals surface area contributed by atoms with E-state index in [0.717, 1.165) is 25.1 Å². The minimum Gasteiger partial charge on any atom is -0.341 e. The Labute approximate surface area is 125 Å². The van der Waals surface area contributed by atoms with Crippen molar-refractivity contribution < 1.29 is 9.18 Å². The number of hydrogen-bond acceptors (Lipinski definition) is 2. The summed E-state index contributed by atoms with van der Waals surface area (Å²) in [5, 5.41) is 3.30. The van der Waals surface area contributed by atoms with Crippen molar-refractivity contribution in [3.63, 3.8) is 0 Å². The molecular weight excluding hydrogens is 279 g/mol. The molecule has 1 fully saturated rings. The second kappa shape index (κ2) is 8.22. The molecule has 1 amide bonds. The minimum absolute atomic E-state index is 0. The zero-order chi connectivity index (χ0) is 13.7. The number of rotatable bonds is 5. The molecule has 2 rings (SSSR count). The second-order valence-corrected chi connectivity index (χ2v) is 5.28. The van der Waals surface area contributed by atoms with Crippen LogP contribution in [-0.4, -0.2) is 30.9 Å². The second-order valence-electron chi connectivity index (χ2n) is 5.28. The first-order chi connectivity index (χ1) is 9.15. The molecule has 0 radical (unpaired) electrons. The Balaban J connectivity index is 0.00000200. The van der Waals surface area contributed by atoms with Crippen LogP contribution in [0, 0.1) is 11.7 Å². The highest BCUT2D eigenvalue weighted by Crippen LogP contribution is 2.15. The van der Waals surface area contributed by atoms with Crippen molar-refractivity contribution in [1.29, 1.82) is 0 Å². The maximum absolute atomic E-state index is 13.1. The number of carbonyl (C=O) groups is 1. The van der Waals surface area contributed by atoms with Gasteiger partial charge in [0.2, 0.25) is 5.91 Å². The summed E-state index contributed by atoms with van der Waals surface area (Å²) < 4.78 is 13.1. The Morgan fingerprint density at radius 3 is 2.95 bits per heavy atom. The van der Waals surface area contributed by atoms with Gasteiger partial charge in [-0.15, -0.1) is 12.4 Å². The monoisotopic (exact) mass is 300 g/mol. The number of hydrogen-bond donors (Lipinski definition) is 1.